The van der Waals surface area contributed by atoms with Gasteiger partial charge in [0.1, 0.15) is 16.8 Å². The Hall–Kier alpha value is -2.83. The third-order valence-corrected chi connectivity index (χ3v) is 8.10. The van der Waals surface area contributed by atoms with Crippen molar-refractivity contribution in [3.05, 3.63) is 51.2 Å². The van der Waals surface area contributed by atoms with Crippen LogP contribution in [0.3, 0.4) is 0 Å². The van der Waals surface area contributed by atoms with Gasteiger partial charge in [-0.25, -0.2) is 0 Å². The Labute approximate surface area is 208 Å². The second kappa shape index (κ2) is 10.6. The lowest BCUT2D eigenvalue weighted by atomic mass is 9.96. The first-order chi connectivity index (χ1) is 16.4. The lowest BCUT2D eigenvalue weighted by molar-refractivity contribution is -0.113. The van der Waals surface area contributed by atoms with Crippen LogP contribution in [0.4, 0.5) is 5.00 Å². The van der Waals surface area contributed by atoms with Crippen molar-refractivity contribution >= 4 is 34.0 Å². The molecule has 2 heterocycles. The Kier molecular flexibility index (Phi) is 7.59. The minimum Gasteiger partial charge on any atom is -0.482 e. The summed E-state index contributed by atoms with van der Waals surface area (Å²) < 4.78 is 8.15. The van der Waals surface area contributed by atoms with E-state index in [-0.39, 0.29) is 17.8 Å². The average molecular weight is 496 g/mol. The topological polar surface area (TPSA) is 92.8 Å². The number of aryl methyl sites for hydroxylation is 3. The molecule has 3 aromatic rings. The third kappa shape index (κ3) is 5.13. The molecule has 1 aliphatic rings. The van der Waals surface area contributed by atoms with E-state index in [1.54, 1.807) is 11.3 Å². The summed E-state index contributed by atoms with van der Waals surface area (Å²) in [5.74, 6) is 1.59. The Balaban J connectivity index is 1.41. The summed E-state index contributed by atoms with van der Waals surface area (Å²) in [5, 5.41) is 22.6. The molecule has 4 rings (SSSR count). The van der Waals surface area contributed by atoms with Crippen molar-refractivity contribution in [1.29, 1.82) is 5.26 Å². The highest BCUT2D eigenvalue weighted by molar-refractivity contribution is 7.99. The maximum absolute atomic E-state index is 12.7. The zero-order valence-electron chi connectivity index (χ0n) is 20.0. The normalized spacial score (nSPS) is 13.7. The van der Waals surface area contributed by atoms with Gasteiger partial charge in [0.2, 0.25) is 5.91 Å². The monoisotopic (exact) mass is 495 g/mol. The molecule has 0 spiro atoms. The zero-order chi connectivity index (χ0) is 24.2. The third-order valence-electron chi connectivity index (χ3n) is 5.93. The molecule has 1 aromatic carbocycles. The number of nitrogens with one attached hydrogen (secondary N) is 1. The summed E-state index contributed by atoms with van der Waals surface area (Å²) in [6.45, 7) is 8.74. The number of benzene rings is 1. The van der Waals surface area contributed by atoms with E-state index in [1.165, 1.54) is 22.2 Å². The van der Waals surface area contributed by atoms with Crippen LogP contribution in [0.25, 0.3) is 0 Å². The second-order valence-corrected chi connectivity index (χ2v) is 10.5. The molecule has 0 fully saturated rings. The summed E-state index contributed by atoms with van der Waals surface area (Å²) in [4.78, 5) is 13.9. The lowest BCUT2D eigenvalue weighted by Gasteiger charge is -2.17. The van der Waals surface area contributed by atoms with Crippen LogP contribution in [0, 0.1) is 25.2 Å². The molecule has 34 heavy (non-hydrogen) atoms. The minimum atomic E-state index is -0.285. The number of nitriles is 1. The van der Waals surface area contributed by atoms with E-state index in [2.05, 4.69) is 34.6 Å². The van der Waals surface area contributed by atoms with Gasteiger partial charge in [-0.1, -0.05) is 29.5 Å². The molecule has 0 saturated heterocycles. The fourth-order valence-corrected chi connectivity index (χ4v) is 6.31. The number of thiophene rings is 1. The largest absolute Gasteiger partial charge is 0.482 e. The molecule has 0 radical (unpaired) electrons. The first kappa shape index (κ1) is 24.3. The van der Waals surface area contributed by atoms with Crippen LogP contribution in [0.5, 0.6) is 5.75 Å². The van der Waals surface area contributed by atoms with Gasteiger partial charge in [-0.15, -0.1) is 21.5 Å². The number of anilines is 1. The number of hydrogen-bond acceptors (Lipinski definition) is 7. The average Bonchev–Trinajstić information content (AvgIpc) is 3.39. The Morgan fingerprint density at radius 3 is 2.85 bits per heavy atom. The highest BCUT2D eigenvalue weighted by atomic mass is 32.2. The van der Waals surface area contributed by atoms with E-state index in [9.17, 15) is 10.1 Å². The Morgan fingerprint density at radius 1 is 1.32 bits per heavy atom. The number of fused-ring (bicyclic) bond motifs is 1. The van der Waals surface area contributed by atoms with Gasteiger partial charge in [0.25, 0.3) is 0 Å². The predicted octanol–water partition coefficient (Wildman–Crippen LogP) is 5.60. The van der Waals surface area contributed by atoms with E-state index >= 15 is 0 Å². The molecule has 7 nitrogen and oxygen atoms in total. The van der Waals surface area contributed by atoms with Crippen molar-refractivity contribution in [3.63, 3.8) is 0 Å². The number of hydrogen-bond donors (Lipinski definition) is 1. The molecular formula is C25H29N5O2S2. The van der Waals surface area contributed by atoms with Gasteiger partial charge in [0, 0.05) is 11.4 Å². The van der Waals surface area contributed by atoms with Crippen molar-refractivity contribution in [1.82, 2.24) is 14.8 Å². The van der Waals surface area contributed by atoms with Gasteiger partial charge in [-0.3, -0.25) is 4.79 Å². The fourth-order valence-electron chi connectivity index (χ4n) is 4.24. The number of rotatable bonds is 8. The van der Waals surface area contributed by atoms with Crippen LogP contribution < -0.4 is 10.1 Å². The number of amides is 1. The first-order valence-corrected chi connectivity index (χ1v) is 13.4. The maximum Gasteiger partial charge on any atom is 0.235 e. The van der Waals surface area contributed by atoms with Crippen molar-refractivity contribution in [2.45, 2.75) is 71.2 Å². The van der Waals surface area contributed by atoms with Gasteiger partial charge < -0.3 is 14.6 Å². The fraction of sp³-hybridized carbons (Fsp3) is 0.440. The molecule has 2 aromatic heterocycles. The standard InChI is InChI=1S/C25H29N5O2S2/c1-5-30-23(17(4)32-20-11-10-15(2)12-16(20)3)28-29-25(30)33-14-22(31)27-24-19(13-26)18-8-6-7-9-21(18)34-24/h10-12,17H,5-9,14H2,1-4H3,(H,27,31). The SMILES string of the molecule is CCn1c(SCC(=O)Nc2sc3c(c2C#N)CCCC3)nnc1C(C)Oc1ccc(C)cc1C. The summed E-state index contributed by atoms with van der Waals surface area (Å²) in [5.41, 5.74) is 4.02. The van der Waals surface area contributed by atoms with E-state index in [4.69, 9.17) is 4.74 Å². The van der Waals surface area contributed by atoms with Crippen molar-refractivity contribution < 1.29 is 9.53 Å². The van der Waals surface area contributed by atoms with Crippen LogP contribution in [-0.4, -0.2) is 26.4 Å². The van der Waals surface area contributed by atoms with Crippen LogP contribution in [0.1, 0.15) is 65.7 Å². The first-order valence-electron chi connectivity index (χ1n) is 11.6. The number of carbonyl (C=O) groups is 1. The molecule has 0 bridgehead atoms. The van der Waals surface area contributed by atoms with Gasteiger partial charge in [0.05, 0.1) is 11.3 Å². The van der Waals surface area contributed by atoms with Crippen LogP contribution in [0.2, 0.25) is 0 Å². The zero-order valence-corrected chi connectivity index (χ0v) is 21.6. The molecule has 1 amide bonds. The molecule has 1 atom stereocenters. The lowest BCUT2D eigenvalue weighted by Crippen LogP contribution is -2.15. The molecular weight excluding hydrogens is 466 g/mol. The van der Waals surface area contributed by atoms with Crippen molar-refractivity contribution in [2.24, 2.45) is 0 Å². The molecule has 1 N–H and O–H groups in total. The highest BCUT2D eigenvalue weighted by Gasteiger charge is 2.23. The van der Waals surface area contributed by atoms with Crippen LogP contribution in [-0.2, 0) is 24.2 Å². The number of ether oxygens (including phenoxy) is 1. The minimum absolute atomic E-state index is 0.146. The summed E-state index contributed by atoms with van der Waals surface area (Å²) >= 11 is 2.88. The Bertz CT molecular complexity index is 1240. The molecule has 178 valence electrons. The quantitative estimate of drug-likeness (QED) is 0.409. The number of aromatic nitrogens is 3. The number of carbonyl (C=O) groups excluding carboxylic acids is 1. The maximum atomic E-state index is 12.7. The predicted molar refractivity (Wildman–Crippen MR) is 136 cm³/mol. The molecule has 9 heteroatoms. The molecule has 1 aliphatic carbocycles. The van der Waals surface area contributed by atoms with Crippen molar-refractivity contribution in [2.75, 3.05) is 11.1 Å². The smallest absolute Gasteiger partial charge is 0.235 e. The van der Waals surface area contributed by atoms with Crippen molar-refractivity contribution in [3.8, 4) is 11.8 Å². The van der Waals surface area contributed by atoms with Gasteiger partial charge in [0.15, 0.2) is 17.1 Å². The van der Waals surface area contributed by atoms with Gasteiger partial charge >= 0.3 is 0 Å². The highest BCUT2D eigenvalue weighted by Crippen LogP contribution is 2.37. The summed E-state index contributed by atoms with van der Waals surface area (Å²) in [7, 11) is 0. The van der Waals surface area contributed by atoms with E-state index in [0.29, 0.717) is 22.3 Å². The van der Waals surface area contributed by atoms with E-state index in [1.807, 2.05) is 37.5 Å². The summed E-state index contributed by atoms with van der Waals surface area (Å²) in [6, 6.07) is 8.39. The Morgan fingerprint density at radius 2 is 2.12 bits per heavy atom. The molecule has 0 aliphatic heterocycles. The van der Waals surface area contributed by atoms with Gasteiger partial charge in [-0.2, -0.15) is 5.26 Å². The second-order valence-electron chi connectivity index (χ2n) is 8.48. The number of nitrogens with zero attached hydrogens (tertiary/aromatic N) is 4. The van der Waals surface area contributed by atoms with Crippen LogP contribution >= 0.6 is 23.1 Å². The van der Waals surface area contributed by atoms with Gasteiger partial charge in [-0.05, 0) is 70.6 Å². The van der Waals surface area contributed by atoms with E-state index < -0.39 is 0 Å². The van der Waals surface area contributed by atoms with E-state index in [0.717, 1.165) is 48.4 Å². The van der Waals surface area contributed by atoms with Crippen LogP contribution in [0.15, 0.2) is 23.4 Å². The molecule has 0 saturated carbocycles. The molecule has 1 unspecified atom stereocenters. The summed E-state index contributed by atoms with van der Waals surface area (Å²) in [6.07, 6.45) is 3.87. The number of thioether (sulfide) groups is 1.